The normalized spacial score (nSPS) is 27.2. The van der Waals surface area contributed by atoms with E-state index in [-0.39, 0.29) is 17.4 Å². The fourth-order valence-electron chi connectivity index (χ4n) is 2.85. The number of hydrogen-bond donors (Lipinski definition) is 2. The van der Waals surface area contributed by atoms with Crippen LogP contribution in [0.3, 0.4) is 0 Å². The Labute approximate surface area is 131 Å². The number of ether oxygens (including phenoxy) is 1. The Morgan fingerprint density at radius 2 is 2.10 bits per heavy atom. The van der Waals surface area contributed by atoms with Crippen molar-refractivity contribution in [3.63, 3.8) is 0 Å². The second-order valence-corrected chi connectivity index (χ2v) is 7.50. The molecular weight excluding hydrogens is 284 g/mol. The lowest BCUT2D eigenvalue weighted by atomic mass is 9.54. The van der Waals surface area contributed by atoms with Crippen LogP contribution in [-0.2, 0) is 22.5 Å². The molecule has 5 heteroatoms. The summed E-state index contributed by atoms with van der Waals surface area (Å²) in [6, 6.07) is 4.19. The molecule has 0 saturated heterocycles. The van der Waals surface area contributed by atoms with Crippen LogP contribution in [0.4, 0.5) is 0 Å². The summed E-state index contributed by atoms with van der Waals surface area (Å²) in [7, 11) is 0. The molecule has 1 heterocycles. The molecule has 1 saturated carbocycles. The van der Waals surface area contributed by atoms with Crippen LogP contribution in [0.25, 0.3) is 0 Å². The van der Waals surface area contributed by atoms with Crippen LogP contribution in [0.15, 0.2) is 12.1 Å². The molecule has 4 nitrogen and oxygen atoms in total. The third-order valence-corrected chi connectivity index (χ3v) is 5.95. The van der Waals surface area contributed by atoms with Gasteiger partial charge in [0.25, 0.3) is 0 Å². The molecular formula is C16H26N2O2S. The molecule has 1 aromatic rings. The largest absolute Gasteiger partial charge is 0.378 e. The average Bonchev–Trinajstić information content (AvgIpc) is 2.92. The number of thiophene rings is 1. The molecule has 2 atom stereocenters. The Kier molecular flexibility index (Phi) is 4.76. The Balaban J connectivity index is 1.94. The molecule has 0 aliphatic heterocycles. The molecule has 1 aliphatic carbocycles. The molecule has 0 bridgehead atoms. The van der Waals surface area contributed by atoms with Gasteiger partial charge in [0, 0.05) is 28.2 Å². The van der Waals surface area contributed by atoms with E-state index in [9.17, 15) is 4.79 Å². The predicted octanol–water partition coefficient (Wildman–Crippen LogP) is 2.46. The van der Waals surface area contributed by atoms with E-state index in [0.717, 1.165) is 6.42 Å². The summed E-state index contributed by atoms with van der Waals surface area (Å²) in [5.41, 5.74) is 5.18. The Bertz CT molecular complexity index is 512. The lowest BCUT2D eigenvalue weighted by Crippen LogP contribution is -2.75. The van der Waals surface area contributed by atoms with E-state index in [0.29, 0.717) is 19.6 Å². The van der Waals surface area contributed by atoms with Gasteiger partial charge in [-0.3, -0.25) is 4.79 Å². The number of rotatable bonds is 6. The van der Waals surface area contributed by atoms with Crippen LogP contribution in [0, 0.1) is 5.41 Å². The van der Waals surface area contributed by atoms with E-state index in [1.807, 2.05) is 20.8 Å². The van der Waals surface area contributed by atoms with Crippen LogP contribution >= 0.6 is 11.3 Å². The van der Waals surface area contributed by atoms with Crippen molar-refractivity contribution >= 4 is 17.2 Å². The molecule has 1 aliphatic rings. The van der Waals surface area contributed by atoms with E-state index < -0.39 is 5.54 Å². The van der Waals surface area contributed by atoms with Crippen molar-refractivity contribution in [2.45, 2.75) is 58.7 Å². The highest BCUT2D eigenvalue weighted by Crippen LogP contribution is 2.49. The number of carbonyl (C=O) groups is 1. The third-order valence-electron chi connectivity index (χ3n) is 4.72. The lowest BCUT2D eigenvalue weighted by Gasteiger charge is -2.57. The molecule has 3 N–H and O–H groups in total. The van der Waals surface area contributed by atoms with Crippen LogP contribution in [0.1, 0.15) is 43.9 Å². The summed E-state index contributed by atoms with van der Waals surface area (Å²) in [6.07, 6.45) is 1.68. The maximum atomic E-state index is 12.5. The highest BCUT2D eigenvalue weighted by Gasteiger charge is 2.62. The molecule has 1 aromatic heterocycles. The highest BCUT2D eigenvalue weighted by molar-refractivity contribution is 7.11. The quantitative estimate of drug-likeness (QED) is 0.848. The van der Waals surface area contributed by atoms with Crippen molar-refractivity contribution in [2.24, 2.45) is 11.1 Å². The SMILES string of the molecule is CCOC1CC(N)(C(=O)NCc2ccc(CC)s2)C1(C)C. The first-order valence-corrected chi connectivity index (χ1v) is 8.43. The number of hydrogen-bond acceptors (Lipinski definition) is 4. The van der Waals surface area contributed by atoms with Crippen molar-refractivity contribution in [2.75, 3.05) is 6.61 Å². The van der Waals surface area contributed by atoms with Gasteiger partial charge in [0.15, 0.2) is 0 Å². The lowest BCUT2D eigenvalue weighted by molar-refractivity contribution is -0.170. The molecule has 118 valence electrons. The van der Waals surface area contributed by atoms with Gasteiger partial charge in [-0.1, -0.05) is 20.8 Å². The summed E-state index contributed by atoms with van der Waals surface area (Å²) in [4.78, 5) is 15.0. The Hall–Kier alpha value is -0.910. The van der Waals surface area contributed by atoms with Gasteiger partial charge in [-0.2, -0.15) is 0 Å². The van der Waals surface area contributed by atoms with Crippen LogP contribution in [0.5, 0.6) is 0 Å². The number of nitrogens with one attached hydrogen (secondary N) is 1. The van der Waals surface area contributed by atoms with Crippen molar-refractivity contribution < 1.29 is 9.53 Å². The molecule has 0 aromatic carbocycles. The van der Waals surface area contributed by atoms with Crippen molar-refractivity contribution in [3.8, 4) is 0 Å². The first-order chi connectivity index (χ1) is 9.85. The minimum Gasteiger partial charge on any atom is -0.378 e. The van der Waals surface area contributed by atoms with E-state index in [1.54, 1.807) is 11.3 Å². The van der Waals surface area contributed by atoms with Gasteiger partial charge >= 0.3 is 0 Å². The molecule has 2 unspecified atom stereocenters. The first kappa shape index (κ1) is 16.5. The first-order valence-electron chi connectivity index (χ1n) is 7.61. The van der Waals surface area contributed by atoms with Gasteiger partial charge in [0.05, 0.1) is 12.6 Å². The number of carbonyl (C=O) groups excluding carboxylic acids is 1. The van der Waals surface area contributed by atoms with Crippen LogP contribution in [0.2, 0.25) is 0 Å². The fraction of sp³-hybridized carbons (Fsp3) is 0.688. The van der Waals surface area contributed by atoms with Gasteiger partial charge in [-0.25, -0.2) is 0 Å². The fourth-order valence-corrected chi connectivity index (χ4v) is 3.75. The summed E-state index contributed by atoms with van der Waals surface area (Å²) in [6.45, 7) is 9.33. The maximum Gasteiger partial charge on any atom is 0.241 e. The predicted molar refractivity (Wildman–Crippen MR) is 86.3 cm³/mol. The zero-order valence-electron chi connectivity index (χ0n) is 13.4. The van der Waals surface area contributed by atoms with Gasteiger partial charge < -0.3 is 15.8 Å². The second kappa shape index (κ2) is 6.07. The smallest absolute Gasteiger partial charge is 0.241 e. The van der Waals surface area contributed by atoms with Gasteiger partial charge in [0.1, 0.15) is 5.54 Å². The topological polar surface area (TPSA) is 64.3 Å². The van der Waals surface area contributed by atoms with E-state index in [2.05, 4.69) is 24.4 Å². The van der Waals surface area contributed by atoms with Gasteiger partial charge in [-0.05, 0) is 25.5 Å². The molecule has 1 fully saturated rings. The zero-order chi connectivity index (χ0) is 15.7. The number of amides is 1. The monoisotopic (exact) mass is 310 g/mol. The summed E-state index contributed by atoms with van der Waals surface area (Å²) < 4.78 is 5.66. The zero-order valence-corrected chi connectivity index (χ0v) is 14.2. The summed E-state index contributed by atoms with van der Waals surface area (Å²) in [5.74, 6) is -0.0742. The van der Waals surface area contributed by atoms with Crippen LogP contribution < -0.4 is 11.1 Å². The van der Waals surface area contributed by atoms with E-state index >= 15 is 0 Å². The molecule has 2 rings (SSSR count). The summed E-state index contributed by atoms with van der Waals surface area (Å²) in [5, 5.41) is 2.99. The molecule has 0 spiro atoms. The van der Waals surface area contributed by atoms with E-state index in [4.69, 9.17) is 10.5 Å². The summed E-state index contributed by atoms with van der Waals surface area (Å²) >= 11 is 1.74. The second-order valence-electron chi connectivity index (χ2n) is 6.25. The minimum absolute atomic E-state index is 0.0617. The highest BCUT2D eigenvalue weighted by atomic mass is 32.1. The van der Waals surface area contributed by atoms with Crippen LogP contribution in [-0.4, -0.2) is 24.2 Å². The molecule has 21 heavy (non-hydrogen) atoms. The number of aryl methyl sites for hydroxylation is 1. The van der Waals surface area contributed by atoms with Gasteiger partial charge in [0.2, 0.25) is 5.91 Å². The molecule has 1 amide bonds. The third kappa shape index (κ3) is 2.87. The average molecular weight is 310 g/mol. The van der Waals surface area contributed by atoms with Crippen molar-refractivity contribution in [3.05, 3.63) is 21.9 Å². The van der Waals surface area contributed by atoms with Crippen molar-refractivity contribution in [1.82, 2.24) is 5.32 Å². The van der Waals surface area contributed by atoms with Crippen molar-refractivity contribution in [1.29, 1.82) is 0 Å². The standard InChI is InChI=1S/C16H26N2O2S/c1-5-11-7-8-12(21-11)10-18-14(19)16(17)9-13(20-6-2)15(16,3)4/h7-8,13H,5-6,9-10,17H2,1-4H3,(H,18,19). The Morgan fingerprint density at radius 1 is 1.43 bits per heavy atom. The Morgan fingerprint density at radius 3 is 2.62 bits per heavy atom. The minimum atomic E-state index is -0.836. The molecule has 0 radical (unpaired) electrons. The maximum absolute atomic E-state index is 12.5. The van der Waals surface area contributed by atoms with E-state index in [1.165, 1.54) is 9.75 Å². The van der Waals surface area contributed by atoms with Gasteiger partial charge in [-0.15, -0.1) is 11.3 Å². The number of nitrogens with two attached hydrogens (primary N) is 1.